The number of carbonyl (C=O) groups is 2. The number of aliphatic hydroxyl groups is 2. The number of aliphatic imine (C=N–C) groups is 2. The van der Waals surface area contributed by atoms with Crippen LogP contribution in [0.15, 0.2) is 9.98 Å². The van der Waals surface area contributed by atoms with Gasteiger partial charge in [0.2, 0.25) is 6.40 Å². The van der Waals surface area contributed by atoms with E-state index in [1.165, 1.54) is 18.2 Å². The second-order valence-corrected chi connectivity index (χ2v) is 18.3. The van der Waals surface area contributed by atoms with Crippen molar-refractivity contribution in [3.8, 4) is 0 Å². The highest BCUT2D eigenvalue weighted by atomic mass is 32.2. The summed E-state index contributed by atoms with van der Waals surface area (Å²) in [5, 5.41) is 25.6. The first-order valence-electron chi connectivity index (χ1n) is 14.2. The zero-order valence-corrected chi connectivity index (χ0v) is 32.0. The van der Waals surface area contributed by atoms with Gasteiger partial charge in [0.15, 0.2) is 0 Å². The van der Waals surface area contributed by atoms with Gasteiger partial charge in [0.25, 0.3) is 5.24 Å². The summed E-state index contributed by atoms with van der Waals surface area (Å²) in [7, 11) is -1.05. The Labute approximate surface area is 300 Å². The lowest BCUT2D eigenvalue weighted by molar-refractivity contribution is -0.218. The highest BCUT2D eigenvalue weighted by molar-refractivity contribution is 8.18. The molecule has 0 heterocycles. The Hall–Kier alpha value is 0.360. The van der Waals surface area contributed by atoms with Crippen LogP contribution >= 0.6 is 82.3 Å². The van der Waals surface area contributed by atoms with Crippen LogP contribution in [0.25, 0.3) is 0 Å². The lowest BCUT2D eigenvalue weighted by Gasteiger charge is -2.06. The van der Waals surface area contributed by atoms with Crippen molar-refractivity contribution in [2.75, 3.05) is 114 Å². The highest BCUT2D eigenvalue weighted by Gasteiger charge is 2.03. The summed E-state index contributed by atoms with van der Waals surface area (Å²) < 4.78 is 16.9. The Morgan fingerprint density at radius 3 is 2.04 bits per heavy atom. The van der Waals surface area contributed by atoms with Gasteiger partial charge < -0.3 is 30.5 Å². The molecule has 20 heteroatoms. The zero-order chi connectivity index (χ0) is 32.9. The number of amides is 2. The topological polar surface area (TPSA) is 168 Å². The Morgan fingerprint density at radius 1 is 0.733 bits per heavy atom. The summed E-state index contributed by atoms with van der Waals surface area (Å²) in [4.78, 5) is 41.1. The maximum absolute atomic E-state index is 12.0. The molecule has 0 rings (SSSR count). The number of hydrogen-bond donors (Lipinski definition) is 4. The monoisotopic (exact) mass is 788 g/mol. The number of aliphatic hydroxyl groups excluding tert-OH is 2. The van der Waals surface area contributed by atoms with Crippen molar-refractivity contribution >= 4 is 116 Å². The molecule has 0 aromatic rings. The number of rotatable bonds is 33. The van der Waals surface area contributed by atoms with Gasteiger partial charge in [0.1, 0.15) is 0 Å². The number of thioether (sulfide) groups is 7. The molecule has 4 N–H and O–H groups in total. The van der Waals surface area contributed by atoms with Crippen LogP contribution in [0.2, 0.25) is 0 Å². The molecule has 1 atom stereocenters. The maximum atomic E-state index is 12.0. The highest BCUT2D eigenvalue weighted by Crippen LogP contribution is 2.15. The molecule has 1 unspecified atom stereocenters. The van der Waals surface area contributed by atoms with Gasteiger partial charge in [-0.05, 0) is 6.42 Å². The molecule has 0 radical (unpaired) electrons. The quantitative estimate of drug-likeness (QED) is 0.0188. The smallest absolute Gasteiger partial charge is 0.407 e. The molecule has 12 nitrogen and oxygen atoms in total. The van der Waals surface area contributed by atoms with E-state index in [4.69, 9.17) is 24.7 Å². The minimum Gasteiger partial charge on any atom is -0.449 e. The molecule has 0 aromatic heterocycles. The average Bonchev–Trinajstić information content (AvgIpc) is 3.03. The van der Waals surface area contributed by atoms with Gasteiger partial charge in [-0.25, -0.2) is 4.79 Å². The Kier molecular flexibility index (Phi) is 39.1. The molecule has 0 bridgehead atoms. The molecule has 0 aliphatic heterocycles. The predicted molar refractivity (Wildman–Crippen MR) is 205 cm³/mol. The zero-order valence-electron chi connectivity index (χ0n) is 25.5. The molecular weight excluding hydrogens is 741 g/mol. The standard InChI is InChI=1S/C25H48N4O8S8/c30-7-1-9-35-24(32)28-5-13-40-22-39-12-4-27-20-45(34)18-17-43-23-42-15-16-44-25(33)29-6-14-41-21-38-11-3-26-19-37-36-10-2-8-31/h19-20,30-31H,1-18,21-23H2,(H,28,32)(H,29,33). The third-order valence-corrected chi connectivity index (χ3v) is 13.7. The number of nitrogens with one attached hydrogen (secondary N) is 2. The van der Waals surface area contributed by atoms with Gasteiger partial charge in [-0.1, -0.05) is 11.8 Å². The fraction of sp³-hybridized carbons (Fsp3) is 0.840. The van der Waals surface area contributed by atoms with Crippen LogP contribution in [0.3, 0.4) is 0 Å². The van der Waals surface area contributed by atoms with Crippen LogP contribution in [0.5, 0.6) is 0 Å². The van der Waals surface area contributed by atoms with Gasteiger partial charge in [-0.3, -0.25) is 19.0 Å². The van der Waals surface area contributed by atoms with E-state index in [1.807, 2.05) is 0 Å². The van der Waals surface area contributed by atoms with E-state index >= 15 is 0 Å². The van der Waals surface area contributed by atoms with E-state index in [1.54, 1.807) is 76.1 Å². The molecule has 0 aliphatic carbocycles. The van der Waals surface area contributed by atoms with Crippen LogP contribution < -0.4 is 10.6 Å². The largest absolute Gasteiger partial charge is 0.449 e. The van der Waals surface area contributed by atoms with Crippen molar-refractivity contribution in [2.45, 2.75) is 12.8 Å². The van der Waals surface area contributed by atoms with Gasteiger partial charge in [0.05, 0.1) is 36.1 Å². The second kappa shape index (κ2) is 38.8. The molecule has 0 aliphatic rings. The molecule has 0 spiro atoms. The van der Waals surface area contributed by atoms with E-state index in [0.717, 1.165) is 55.5 Å². The average molecular weight is 789 g/mol. The molecule has 0 fully saturated rings. The number of nitrogens with zero attached hydrogens (tertiary/aromatic N) is 2. The van der Waals surface area contributed by atoms with Gasteiger partial charge in [-0.2, -0.15) is 28.4 Å². The first-order chi connectivity index (χ1) is 22.1. The number of hydrogen-bond acceptors (Lipinski definition) is 17. The van der Waals surface area contributed by atoms with Crippen molar-refractivity contribution in [2.24, 2.45) is 9.98 Å². The predicted octanol–water partition coefficient (Wildman–Crippen LogP) is 3.95. The van der Waals surface area contributed by atoms with E-state index in [2.05, 4.69) is 20.6 Å². The fourth-order valence-corrected chi connectivity index (χ4v) is 10.3. The molecular formula is C25H48N4O8S8. The van der Waals surface area contributed by atoms with Crippen LogP contribution in [0.1, 0.15) is 12.8 Å². The summed E-state index contributed by atoms with van der Waals surface area (Å²) in [6.45, 7) is 3.11. The van der Waals surface area contributed by atoms with Crippen LogP contribution in [0.4, 0.5) is 9.59 Å². The van der Waals surface area contributed by atoms with Crippen molar-refractivity contribution < 1.29 is 38.5 Å². The third-order valence-electron chi connectivity index (χ3n) is 4.45. The van der Waals surface area contributed by atoms with E-state index in [9.17, 15) is 13.8 Å². The second-order valence-electron chi connectivity index (χ2n) is 8.11. The summed E-state index contributed by atoms with van der Waals surface area (Å²) in [5.74, 6) is 6.46. The van der Waals surface area contributed by atoms with E-state index < -0.39 is 16.9 Å². The SMILES string of the molecule is O=C(NCCSCSCCN=CS(=O)CCSCSCCSC(=O)NCCSCSCCN=COOCCCO)OCCCO. The summed E-state index contributed by atoms with van der Waals surface area (Å²) in [5.41, 5.74) is 1.55. The van der Waals surface area contributed by atoms with Crippen LogP contribution in [-0.4, -0.2) is 152 Å². The van der Waals surface area contributed by atoms with Gasteiger partial charge in [0, 0.05) is 101 Å². The lowest BCUT2D eigenvalue weighted by Crippen LogP contribution is -2.27. The van der Waals surface area contributed by atoms with E-state index in [-0.39, 0.29) is 25.1 Å². The number of carbonyl (C=O) groups excluding carboxylic acids is 2. The molecule has 0 saturated heterocycles. The molecule has 0 aromatic carbocycles. The third kappa shape index (κ3) is 38.7. The fourth-order valence-electron chi connectivity index (χ4n) is 2.35. The molecule has 264 valence electrons. The first-order valence-corrected chi connectivity index (χ1v) is 23.5. The maximum Gasteiger partial charge on any atom is 0.407 e. The molecule has 2 amide bonds. The summed E-state index contributed by atoms with van der Waals surface area (Å²) >= 11 is 11.9. The van der Waals surface area contributed by atoms with Crippen molar-refractivity contribution in [3.05, 3.63) is 0 Å². The Balaban J connectivity index is 3.37. The Morgan fingerprint density at radius 2 is 1.33 bits per heavy atom. The lowest BCUT2D eigenvalue weighted by atomic mass is 10.5. The van der Waals surface area contributed by atoms with Crippen molar-refractivity contribution in [1.82, 2.24) is 10.6 Å². The molecule has 45 heavy (non-hydrogen) atoms. The van der Waals surface area contributed by atoms with Crippen LogP contribution in [-0.2, 0) is 25.3 Å². The Bertz CT molecular complexity index is 779. The first kappa shape index (κ1) is 45.4. The normalized spacial score (nSPS) is 12.1. The number of ether oxygens (including phenoxy) is 1. The summed E-state index contributed by atoms with van der Waals surface area (Å²) in [6, 6.07) is 0. The van der Waals surface area contributed by atoms with Gasteiger partial charge >= 0.3 is 6.09 Å². The van der Waals surface area contributed by atoms with Crippen LogP contribution in [0, 0.1) is 0 Å². The molecule has 0 saturated carbocycles. The van der Waals surface area contributed by atoms with Crippen molar-refractivity contribution in [1.29, 1.82) is 0 Å². The van der Waals surface area contributed by atoms with Crippen molar-refractivity contribution in [3.63, 3.8) is 0 Å². The number of alkyl carbamates (subject to hydrolysis) is 1. The summed E-state index contributed by atoms with van der Waals surface area (Å²) in [6.07, 6.45) is 1.80. The van der Waals surface area contributed by atoms with Gasteiger partial charge in [-0.15, -0.1) is 47.0 Å². The minimum absolute atomic E-state index is 0.00782. The minimum atomic E-state index is -1.05. The van der Waals surface area contributed by atoms with E-state index in [0.29, 0.717) is 51.4 Å².